The maximum atomic E-state index is 9.03. The Morgan fingerprint density at radius 3 is 1.56 bits per heavy atom. The molecule has 0 fully saturated rings. The van der Waals surface area contributed by atoms with Gasteiger partial charge in [-0.1, -0.05) is 19.8 Å². The van der Waals surface area contributed by atoms with Gasteiger partial charge >= 0.3 is 0 Å². The molecule has 0 aliphatic carbocycles. The second-order valence-electron chi connectivity index (χ2n) is 7.59. The fourth-order valence-corrected chi connectivity index (χ4v) is 3.12. The molecule has 0 atom stereocenters. The molecule has 0 bridgehead atoms. The minimum atomic E-state index is 0.110. The van der Waals surface area contributed by atoms with Gasteiger partial charge in [-0.25, -0.2) is 0 Å². The third-order valence-electron chi connectivity index (χ3n) is 4.94. The summed E-state index contributed by atoms with van der Waals surface area (Å²) in [6, 6.07) is 15.2. The van der Waals surface area contributed by atoms with Crippen molar-refractivity contribution < 1.29 is 19.7 Å². The van der Waals surface area contributed by atoms with E-state index in [1.165, 1.54) is 12.8 Å². The Morgan fingerprint density at radius 1 is 0.656 bits per heavy atom. The smallest absolute Gasteiger partial charge is 0.119 e. The molecule has 7 heteroatoms. The monoisotopic (exact) mass is 443 g/mol. The van der Waals surface area contributed by atoms with Crippen molar-refractivity contribution in [1.82, 2.24) is 4.90 Å². The van der Waals surface area contributed by atoms with Crippen LogP contribution in [0.4, 0.5) is 11.4 Å². The fraction of sp³-hybridized carbons (Fsp3) is 0.520. The van der Waals surface area contributed by atoms with Crippen molar-refractivity contribution in [3.05, 3.63) is 48.5 Å². The summed E-state index contributed by atoms with van der Waals surface area (Å²) in [5.74, 6) is 1.66. The fourth-order valence-electron chi connectivity index (χ4n) is 3.12. The third kappa shape index (κ3) is 10.7. The maximum absolute atomic E-state index is 9.03. The van der Waals surface area contributed by atoms with E-state index < -0.39 is 0 Å². The molecule has 2 N–H and O–H groups in total. The lowest BCUT2D eigenvalue weighted by molar-refractivity contribution is 0.157. The molecule has 0 amide bonds. The highest BCUT2D eigenvalue weighted by molar-refractivity contribution is 5.44. The molecule has 0 aliphatic rings. The Bertz CT molecular complexity index is 745. The molecule has 32 heavy (non-hydrogen) atoms. The molecular weight excluding hydrogens is 406 g/mol. The highest BCUT2D eigenvalue weighted by Gasteiger charge is 2.03. The number of benzene rings is 2. The Balaban J connectivity index is 1.69. The molecule has 2 rings (SSSR count). The lowest BCUT2D eigenvalue weighted by Crippen LogP contribution is -2.31. The van der Waals surface area contributed by atoms with E-state index in [0.29, 0.717) is 19.7 Å². The Labute approximate surface area is 191 Å². The number of nitrogens with zero attached hydrogens (tertiary/aromatic N) is 3. The summed E-state index contributed by atoms with van der Waals surface area (Å²) in [5.41, 5.74) is 1.54. The van der Waals surface area contributed by atoms with Crippen LogP contribution in [0.3, 0.4) is 0 Å². The van der Waals surface area contributed by atoms with Gasteiger partial charge in [0.1, 0.15) is 11.5 Å². The number of unbranched alkanes of at least 4 members (excludes halogenated alkanes) is 3. The summed E-state index contributed by atoms with van der Waals surface area (Å²) in [6.45, 7) is 5.80. The molecule has 0 saturated heterocycles. The molecule has 0 aromatic heterocycles. The highest BCUT2D eigenvalue weighted by atomic mass is 16.5. The standard InChI is InChI=1S/C25H37N3O4/c1-2-3-5-20-31-24-11-7-22(8-12-24)26-27-23-9-13-25(14-10-23)32-21-6-4-15-28(16-18-29)17-19-30/h7-14,29-30H,2-6,15-21H2,1H3. The molecule has 2 aromatic carbocycles. The van der Waals surface area contributed by atoms with Crippen molar-refractivity contribution in [3.8, 4) is 11.5 Å². The number of aliphatic hydroxyl groups excluding tert-OH is 2. The van der Waals surface area contributed by atoms with E-state index >= 15 is 0 Å². The van der Waals surface area contributed by atoms with Crippen LogP contribution in [0.25, 0.3) is 0 Å². The van der Waals surface area contributed by atoms with Gasteiger partial charge in [0.2, 0.25) is 0 Å². The van der Waals surface area contributed by atoms with Gasteiger partial charge in [0, 0.05) is 13.1 Å². The summed E-state index contributed by atoms with van der Waals surface area (Å²) in [6.07, 6.45) is 5.31. The second kappa shape index (κ2) is 16.2. The predicted octanol–water partition coefficient (Wildman–Crippen LogP) is 5.12. The quantitative estimate of drug-likeness (QED) is 0.262. The van der Waals surface area contributed by atoms with Crippen molar-refractivity contribution in [2.45, 2.75) is 39.0 Å². The van der Waals surface area contributed by atoms with E-state index in [4.69, 9.17) is 19.7 Å². The molecule has 0 spiro atoms. The predicted molar refractivity (Wildman–Crippen MR) is 127 cm³/mol. The van der Waals surface area contributed by atoms with Crippen LogP contribution in [0.15, 0.2) is 58.8 Å². The second-order valence-corrected chi connectivity index (χ2v) is 7.59. The molecule has 0 heterocycles. The molecule has 0 saturated carbocycles. The maximum Gasteiger partial charge on any atom is 0.119 e. The van der Waals surface area contributed by atoms with Gasteiger partial charge in [0.05, 0.1) is 37.8 Å². The van der Waals surface area contributed by atoms with E-state index in [9.17, 15) is 0 Å². The first-order chi connectivity index (χ1) is 15.7. The molecule has 0 aliphatic heterocycles. The Morgan fingerprint density at radius 2 is 1.12 bits per heavy atom. The molecule has 2 aromatic rings. The number of azo groups is 1. The lowest BCUT2D eigenvalue weighted by atomic mass is 10.2. The SMILES string of the molecule is CCCCCOc1ccc(N=Nc2ccc(OCCCCN(CCO)CCO)cc2)cc1. The number of hydrogen-bond donors (Lipinski definition) is 2. The first-order valence-corrected chi connectivity index (χ1v) is 11.6. The molecule has 176 valence electrons. The zero-order chi connectivity index (χ0) is 22.9. The van der Waals surface area contributed by atoms with Gasteiger partial charge < -0.3 is 19.7 Å². The first-order valence-electron chi connectivity index (χ1n) is 11.6. The number of hydrogen-bond acceptors (Lipinski definition) is 7. The van der Waals surface area contributed by atoms with E-state index in [-0.39, 0.29) is 13.2 Å². The average molecular weight is 444 g/mol. The van der Waals surface area contributed by atoms with Gasteiger partial charge in [-0.2, -0.15) is 10.2 Å². The van der Waals surface area contributed by atoms with Crippen LogP contribution in [0.5, 0.6) is 11.5 Å². The zero-order valence-corrected chi connectivity index (χ0v) is 19.2. The topological polar surface area (TPSA) is 86.9 Å². The van der Waals surface area contributed by atoms with E-state index in [2.05, 4.69) is 17.2 Å². The summed E-state index contributed by atoms with van der Waals surface area (Å²) in [4.78, 5) is 2.05. The minimum absolute atomic E-state index is 0.110. The highest BCUT2D eigenvalue weighted by Crippen LogP contribution is 2.23. The van der Waals surface area contributed by atoms with Crippen LogP contribution in [0.1, 0.15) is 39.0 Å². The van der Waals surface area contributed by atoms with Crippen molar-refractivity contribution in [1.29, 1.82) is 0 Å². The van der Waals surface area contributed by atoms with Crippen LogP contribution in [-0.4, -0.2) is 61.2 Å². The van der Waals surface area contributed by atoms with Gasteiger partial charge in [0.15, 0.2) is 0 Å². The first kappa shape index (κ1) is 25.8. The van der Waals surface area contributed by atoms with Crippen LogP contribution < -0.4 is 9.47 Å². The summed E-state index contributed by atoms with van der Waals surface area (Å²) in [5, 5.41) is 26.6. The largest absolute Gasteiger partial charge is 0.494 e. The molecule has 0 unspecified atom stereocenters. The van der Waals surface area contributed by atoms with Crippen molar-refractivity contribution in [3.63, 3.8) is 0 Å². The number of ether oxygens (including phenoxy) is 2. The lowest BCUT2D eigenvalue weighted by Gasteiger charge is -2.19. The van der Waals surface area contributed by atoms with Crippen LogP contribution in [-0.2, 0) is 0 Å². The van der Waals surface area contributed by atoms with Gasteiger partial charge in [-0.3, -0.25) is 4.90 Å². The zero-order valence-electron chi connectivity index (χ0n) is 19.2. The summed E-state index contributed by atoms with van der Waals surface area (Å²) >= 11 is 0. The Hall–Kier alpha value is -2.48. The van der Waals surface area contributed by atoms with Crippen molar-refractivity contribution in [2.75, 3.05) is 46.1 Å². The molecule has 7 nitrogen and oxygen atoms in total. The third-order valence-corrected chi connectivity index (χ3v) is 4.94. The molecular formula is C25H37N3O4. The van der Waals surface area contributed by atoms with Crippen LogP contribution in [0.2, 0.25) is 0 Å². The Kier molecular flexibility index (Phi) is 13.0. The molecule has 0 radical (unpaired) electrons. The van der Waals surface area contributed by atoms with E-state index in [0.717, 1.165) is 55.3 Å². The normalized spacial score (nSPS) is 11.4. The van der Waals surface area contributed by atoms with E-state index in [1.807, 2.05) is 53.4 Å². The average Bonchev–Trinajstić information content (AvgIpc) is 2.82. The number of aliphatic hydroxyl groups is 2. The summed E-state index contributed by atoms with van der Waals surface area (Å²) < 4.78 is 11.5. The van der Waals surface area contributed by atoms with Crippen molar-refractivity contribution >= 4 is 11.4 Å². The van der Waals surface area contributed by atoms with E-state index in [1.54, 1.807) is 0 Å². The summed E-state index contributed by atoms with van der Waals surface area (Å²) in [7, 11) is 0. The van der Waals surface area contributed by atoms with Crippen molar-refractivity contribution in [2.24, 2.45) is 10.2 Å². The minimum Gasteiger partial charge on any atom is -0.494 e. The van der Waals surface area contributed by atoms with Crippen LogP contribution >= 0.6 is 0 Å². The van der Waals surface area contributed by atoms with Gasteiger partial charge in [-0.15, -0.1) is 0 Å². The number of rotatable bonds is 17. The van der Waals surface area contributed by atoms with Gasteiger partial charge in [0.25, 0.3) is 0 Å². The van der Waals surface area contributed by atoms with Gasteiger partial charge in [-0.05, 0) is 74.3 Å². The van der Waals surface area contributed by atoms with Crippen LogP contribution in [0, 0.1) is 0 Å².